The van der Waals surface area contributed by atoms with E-state index in [1.165, 1.54) is 60.7 Å². The molecule has 9 aromatic rings. The van der Waals surface area contributed by atoms with Crippen molar-refractivity contribution in [2.45, 2.75) is 19.3 Å². The number of rotatable bonds is 5. The van der Waals surface area contributed by atoms with Crippen LogP contribution in [0, 0.1) is 0 Å². The third kappa shape index (κ3) is 5.18. The van der Waals surface area contributed by atoms with Crippen molar-refractivity contribution in [3.05, 3.63) is 193 Å². The maximum Gasteiger partial charge on any atom is 0.160 e. The Morgan fingerprint density at radius 3 is 1.68 bits per heavy atom. The fourth-order valence-corrected chi connectivity index (χ4v) is 8.40. The van der Waals surface area contributed by atoms with Crippen LogP contribution < -0.4 is 0 Å². The molecule has 0 saturated carbocycles. The molecular weight excluding hydrogens is 641 g/mol. The van der Waals surface area contributed by atoms with E-state index < -0.39 is 0 Å². The van der Waals surface area contributed by atoms with Crippen LogP contribution in [0.3, 0.4) is 0 Å². The van der Waals surface area contributed by atoms with E-state index in [1.54, 1.807) is 0 Å². The number of nitrogens with zero attached hydrogens (tertiary/aromatic N) is 2. The first kappa shape index (κ1) is 31.1. The van der Waals surface area contributed by atoms with E-state index in [9.17, 15) is 0 Å². The first-order valence-corrected chi connectivity index (χ1v) is 18.3. The minimum atomic E-state index is -0.146. The third-order valence-corrected chi connectivity index (χ3v) is 11.1. The highest BCUT2D eigenvalue weighted by Crippen LogP contribution is 2.53. The number of aromatic nitrogens is 2. The average Bonchev–Trinajstić information content (AvgIpc) is 3.45. The van der Waals surface area contributed by atoms with Crippen molar-refractivity contribution in [2.75, 3.05) is 0 Å². The molecule has 0 amide bonds. The minimum Gasteiger partial charge on any atom is -0.228 e. The number of benzene rings is 8. The van der Waals surface area contributed by atoms with Crippen molar-refractivity contribution in [1.29, 1.82) is 0 Å². The van der Waals surface area contributed by atoms with Gasteiger partial charge in [-0.2, -0.15) is 0 Å². The maximum atomic E-state index is 5.33. The van der Waals surface area contributed by atoms with E-state index in [0.717, 1.165) is 39.3 Å². The Bertz CT molecular complexity index is 2850. The van der Waals surface area contributed by atoms with Gasteiger partial charge in [0.25, 0.3) is 0 Å². The van der Waals surface area contributed by atoms with Crippen molar-refractivity contribution >= 4 is 21.5 Å². The van der Waals surface area contributed by atoms with Crippen molar-refractivity contribution in [1.82, 2.24) is 9.97 Å². The van der Waals surface area contributed by atoms with Gasteiger partial charge in [0, 0.05) is 22.1 Å². The molecule has 1 aromatic heterocycles. The summed E-state index contributed by atoms with van der Waals surface area (Å²) in [4.78, 5) is 10.6. The smallest absolute Gasteiger partial charge is 0.160 e. The predicted octanol–water partition coefficient (Wildman–Crippen LogP) is 13.4. The summed E-state index contributed by atoms with van der Waals surface area (Å²) in [6, 6.07) is 65.4. The summed E-state index contributed by atoms with van der Waals surface area (Å²) in [6.07, 6.45) is 0. The van der Waals surface area contributed by atoms with Crippen LogP contribution in [-0.4, -0.2) is 9.97 Å². The van der Waals surface area contributed by atoms with Gasteiger partial charge in [0.15, 0.2) is 5.82 Å². The van der Waals surface area contributed by atoms with Gasteiger partial charge < -0.3 is 0 Å². The molecule has 0 bridgehead atoms. The Morgan fingerprint density at radius 2 is 0.925 bits per heavy atom. The Balaban J connectivity index is 1.18. The highest BCUT2D eigenvalue weighted by molar-refractivity contribution is 6.05. The molecule has 0 fully saturated rings. The summed E-state index contributed by atoms with van der Waals surface area (Å²) in [5.41, 5.74) is 14.9. The monoisotopic (exact) mass is 676 g/mol. The molecule has 10 rings (SSSR count). The summed E-state index contributed by atoms with van der Waals surface area (Å²) in [5.74, 6) is 0.718. The lowest BCUT2D eigenvalue weighted by Crippen LogP contribution is -2.14. The molecule has 8 aromatic carbocycles. The van der Waals surface area contributed by atoms with Gasteiger partial charge in [-0.25, -0.2) is 9.97 Å². The van der Waals surface area contributed by atoms with Crippen molar-refractivity contribution < 1.29 is 0 Å². The summed E-state index contributed by atoms with van der Waals surface area (Å²) < 4.78 is 0. The van der Waals surface area contributed by atoms with Gasteiger partial charge in [-0.05, 0) is 90.3 Å². The lowest BCUT2D eigenvalue weighted by Gasteiger charge is -2.22. The van der Waals surface area contributed by atoms with Crippen molar-refractivity contribution in [3.8, 4) is 67.3 Å². The molecule has 0 radical (unpaired) electrons. The third-order valence-electron chi connectivity index (χ3n) is 11.1. The lowest BCUT2D eigenvalue weighted by molar-refractivity contribution is 0.661. The van der Waals surface area contributed by atoms with Gasteiger partial charge in [0.2, 0.25) is 0 Å². The second-order valence-electron chi connectivity index (χ2n) is 14.6. The molecule has 0 saturated heterocycles. The molecule has 2 nitrogen and oxygen atoms in total. The SMILES string of the molecule is CC1(C)c2cc3ccccc3cc2-c2c(-c3cc(-c4ccc(-c5cccc(-c6ccccc6)c5)c5ccccc45)nc(-c4ccccc4)n3)cccc21. The zero-order chi connectivity index (χ0) is 35.5. The van der Waals surface area contributed by atoms with Crippen molar-refractivity contribution in [2.24, 2.45) is 0 Å². The van der Waals surface area contributed by atoms with Gasteiger partial charge in [0.1, 0.15) is 0 Å². The summed E-state index contributed by atoms with van der Waals surface area (Å²) in [6.45, 7) is 4.69. The van der Waals surface area contributed by atoms with Crippen LogP contribution in [0.15, 0.2) is 182 Å². The molecule has 53 heavy (non-hydrogen) atoms. The number of hydrogen-bond acceptors (Lipinski definition) is 2. The van der Waals surface area contributed by atoms with Gasteiger partial charge in [-0.1, -0.05) is 172 Å². The van der Waals surface area contributed by atoms with E-state index >= 15 is 0 Å². The fraction of sp³-hybridized carbons (Fsp3) is 0.0588. The van der Waals surface area contributed by atoms with Crippen LogP contribution in [0.1, 0.15) is 25.0 Å². The standard InChI is InChI=1S/C51H36N2/c1-51(2)45-26-14-25-43(49(45)44-30-36-19-9-10-20-37(36)31-46(44)51)48-32-47(52-50(53-48)34-17-7-4-8-18-34)42-28-27-39(40-23-11-12-24-41(40)42)38-22-13-21-35(29-38)33-15-5-3-6-16-33/h3-32H,1-2H3. The van der Waals surface area contributed by atoms with Crippen LogP contribution in [0.2, 0.25) is 0 Å². The Kier molecular flexibility index (Phi) is 7.19. The van der Waals surface area contributed by atoms with E-state index in [1.807, 2.05) is 6.07 Å². The topological polar surface area (TPSA) is 25.8 Å². The largest absolute Gasteiger partial charge is 0.228 e. The van der Waals surface area contributed by atoms with Crippen molar-refractivity contribution in [3.63, 3.8) is 0 Å². The average molecular weight is 677 g/mol. The van der Waals surface area contributed by atoms with Gasteiger partial charge in [0.05, 0.1) is 11.4 Å². The molecule has 1 aliphatic rings. The fourth-order valence-electron chi connectivity index (χ4n) is 8.40. The molecule has 0 N–H and O–H groups in total. The van der Waals surface area contributed by atoms with E-state index in [4.69, 9.17) is 9.97 Å². The van der Waals surface area contributed by atoms with E-state index in [0.29, 0.717) is 0 Å². The van der Waals surface area contributed by atoms with Crippen LogP contribution in [0.4, 0.5) is 0 Å². The lowest BCUT2D eigenvalue weighted by atomic mass is 9.81. The normalized spacial score (nSPS) is 12.9. The number of hydrogen-bond donors (Lipinski definition) is 0. The highest BCUT2D eigenvalue weighted by atomic mass is 14.9. The second kappa shape index (κ2) is 12.3. The summed E-state index contributed by atoms with van der Waals surface area (Å²) in [7, 11) is 0. The van der Waals surface area contributed by atoms with Gasteiger partial charge in [-0.3, -0.25) is 0 Å². The summed E-state index contributed by atoms with van der Waals surface area (Å²) in [5, 5.41) is 4.88. The van der Waals surface area contributed by atoms with Crippen LogP contribution in [-0.2, 0) is 5.41 Å². The Labute approximate surface area is 310 Å². The Hall–Kier alpha value is -6.64. The molecule has 0 aliphatic heterocycles. The minimum absolute atomic E-state index is 0.146. The zero-order valence-electron chi connectivity index (χ0n) is 29.7. The summed E-state index contributed by atoms with van der Waals surface area (Å²) >= 11 is 0. The van der Waals surface area contributed by atoms with Gasteiger partial charge in [-0.15, -0.1) is 0 Å². The molecular formula is C51H36N2. The maximum absolute atomic E-state index is 5.33. The number of fused-ring (bicyclic) bond motifs is 5. The molecule has 250 valence electrons. The molecule has 0 unspecified atom stereocenters. The second-order valence-corrected chi connectivity index (χ2v) is 14.6. The van der Waals surface area contributed by atoms with Gasteiger partial charge >= 0.3 is 0 Å². The molecule has 2 heteroatoms. The highest BCUT2D eigenvalue weighted by Gasteiger charge is 2.37. The molecule has 0 atom stereocenters. The molecule has 1 heterocycles. The molecule has 1 aliphatic carbocycles. The van der Waals surface area contributed by atoms with E-state index in [-0.39, 0.29) is 5.41 Å². The predicted molar refractivity (Wildman–Crippen MR) is 222 cm³/mol. The molecule has 0 spiro atoms. The first-order valence-electron chi connectivity index (χ1n) is 18.3. The quantitative estimate of drug-likeness (QED) is 0.181. The first-order chi connectivity index (χ1) is 26.0. The Morgan fingerprint density at radius 1 is 0.358 bits per heavy atom. The zero-order valence-corrected chi connectivity index (χ0v) is 29.7. The van der Waals surface area contributed by atoms with Crippen LogP contribution >= 0.6 is 0 Å². The van der Waals surface area contributed by atoms with E-state index in [2.05, 4.69) is 190 Å². The van der Waals surface area contributed by atoms with Crippen LogP contribution in [0.25, 0.3) is 88.8 Å². The van der Waals surface area contributed by atoms with Crippen LogP contribution in [0.5, 0.6) is 0 Å².